The molecule has 5 heteroatoms. The Bertz CT molecular complexity index is 603. The maximum Gasteiger partial charge on any atom is 0.220 e. The van der Waals surface area contributed by atoms with E-state index in [9.17, 15) is 4.79 Å². The second kappa shape index (κ2) is 9.29. The fraction of sp³-hybridized carbons (Fsp3) is 0.682. The third kappa shape index (κ3) is 6.11. The molecule has 27 heavy (non-hydrogen) atoms. The fourth-order valence-electron chi connectivity index (χ4n) is 4.31. The lowest BCUT2D eigenvalue weighted by molar-refractivity contribution is -0.124. The van der Waals surface area contributed by atoms with Crippen LogP contribution in [0.3, 0.4) is 0 Å². The highest BCUT2D eigenvalue weighted by atomic mass is 35.5. The maximum absolute atomic E-state index is 12.6. The molecular weight excluding hydrogens is 360 g/mol. The highest BCUT2D eigenvalue weighted by Gasteiger charge is 2.34. The zero-order chi connectivity index (χ0) is 18.7. The molecule has 2 aliphatic rings. The first-order valence-electron chi connectivity index (χ1n) is 10.1. The lowest BCUT2D eigenvalue weighted by atomic mass is 9.88. The van der Waals surface area contributed by atoms with Crippen molar-refractivity contribution >= 4 is 18.3 Å². The molecule has 0 spiro atoms. The smallest absolute Gasteiger partial charge is 0.220 e. The molecule has 4 nitrogen and oxygen atoms in total. The molecule has 152 valence electrons. The lowest BCUT2D eigenvalue weighted by Crippen LogP contribution is -2.44. The minimum atomic E-state index is -0.375. The minimum Gasteiger partial charge on any atom is -0.493 e. The van der Waals surface area contributed by atoms with E-state index in [0.717, 1.165) is 30.8 Å². The number of amides is 1. The standard InChI is InChI=1S/C22H34N2O2.ClH/c1-15(2)14-26-20-9-5-17(6-10-20)22(3,4)24-21(25)13-16-11-18-7-8-19(12-16)23-18;/h5-6,9-10,15-16,18-19,23H,7-8,11-14H2,1-4H3,(H,24,25);1H. The number of fused-ring (bicyclic) bond motifs is 2. The summed E-state index contributed by atoms with van der Waals surface area (Å²) in [5.41, 5.74) is 0.729. The molecule has 2 unspecified atom stereocenters. The van der Waals surface area contributed by atoms with Crippen molar-refractivity contribution in [3.05, 3.63) is 29.8 Å². The van der Waals surface area contributed by atoms with Crippen molar-refractivity contribution in [3.63, 3.8) is 0 Å². The van der Waals surface area contributed by atoms with Crippen LogP contribution in [0, 0.1) is 11.8 Å². The number of piperidine rings is 1. The quantitative estimate of drug-likeness (QED) is 0.719. The molecule has 0 saturated carbocycles. The Morgan fingerprint density at radius 3 is 2.33 bits per heavy atom. The monoisotopic (exact) mass is 394 g/mol. The Kier molecular flexibility index (Phi) is 7.58. The molecule has 2 atom stereocenters. The van der Waals surface area contributed by atoms with Crippen LogP contribution in [-0.2, 0) is 10.3 Å². The molecule has 0 radical (unpaired) electrons. The second-order valence-corrected chi connectivity index (χ2v) is 9.08. The normalized spacial score (nSPS) is 24.4. The maximum atomic E-state index is 12.6. The Morgan fingerprint density at radius 2 is 1.78 bits per heavy atom. The molecule has 2 heterocycles. The molecule has 2 bridgehead atoms. The van der Waals surface area contributed by atoms with E-state index in [-0.39, 0.29) is 23.9 Å². The van der Waals surface area contributed by atoms with Crippen LogP contribution < -0.4 is 15.4 Å². The van der Waals surface area contributed by atoms with Crippen molar-refractivity contribution in [2.75, 3.05) is 6.61 Å². The number of halogens is 1. The number of nitrogens with one attached hydrogen (secondary N) is 2. The summed E-state index contributed by atoms with van der Waals surface area (Å²) >= 11 is 0. The molecule has 3 rings (SSSR count). The Hall–Kier alpha value is -1.26. The van der Waals surface area contributed by atoms with Gasteiger partial charge in [0.25, 0.3) is 0 Å². The van der Waals surface area contributed by atoms with Gasteiger partial charge in [0.05, 0.1) is 12.1 Å². The van der Waals surface area contributed by atoms with Gasteiger partial charge in [-0.25, -0.2) is 0 Å². The van der Waals surface area contributed by atoms with E-state index in [1.165, 1.54) is 12.8 Å². The third-order valence-electron chi connectivity index (χ3n) is 5.66. The molecule has 1 aromatic carbocycles. The topological polar surface area (TPSA) is 50.4 Å². The van der Waals surface area contributed by atoms with Gasteiger partial charge in [0.2, 0.25) is 5.91 Å². The van der Waals surface area contributed by atoms with Crippen LogP contribution >= 0.6 is 12.4 Å². The molecule has 2 fully saturated rings. The summed E-state index contributed by atoms with van der Waals surface area (Å²) in [6.45, 7) is 9.14. The molecule has 2 saturated heterocycles. The number of hydrogen-bond acceptors (Lipinski definition) is 3. The van der Waals surface area contributed by atoms with Crippen LogP contribution in [0.1, 0.15) is 65.4 Å². The summed E-state index contributed by atoms with van der Waals surface area (Å²) in [6, 6.07) is 9.38. The summed E-state index contributed by atoms with van der Waals surface area (Å²) in [7, 11) is 0. The van der Waals surface area contributed by atoms with Crippen molar-refractivity contribution in [3.8, 4) is 5.75 Å². The van der Waals surface area contributed by atoms with Gasteiger partial charge in [-0.05, 0) is 69.1 Å². The van der Waals surface area contributed by atoms with Gasteiger partial charge >= 0.3 is 0 Å². The van der Waals surface area contributed by atoms with Crippen LogP contribution in [0.25, 0.3) is 0 Å². The summed E-state index contributed by atoms with van der Waals surface area (Å²) in [5.74, 6) is 2.09. The van der Waals surface area contributed by atoms with Crippen LogP contribution in [0.15, 0.2) is 24.3 Å². The fourth-order valence-corrected chi connectivity index (χ4v) is 4.31. The van der Waals surface area contributed by atoms with Crippen LogP contribution in [-0.4, -0.2) is 24.6 Å². The summed E-state index contributed by atoms with van der Waals surface area (Å²) in [5, 5.41) is 6.89. The van der Waals surface area contributed by atoms with Gasteiger partial charge in [-0.15, -0.1) is 12.4 Å². The molecule has 2 N–H and O–H groups in total. The largest absolute Gasteiger partial charge is 0.493 e. The first-order chi connectivity index (χ1) is 12.3. The first kappa shape index (κ1) is 22.0. The van der Waals surface area contributed by atoms with Gasteiger partial charge in [0, 0.05) is 18.5 Å². The first-order valence-corrected chi connectivity index (χ1v) is 10.1. The Morgan fingerprint density at radius 1 is 1.19 bits per heavy atom. The molecule has 1 amide bonds. The number of rotatable bonds is 7. The number of carbonyl (C=O) groups excluding carboxylic acids is 1. The zero-order valence-corrected chi connectivity index (χ0v) is 17.9. The number of ether oxygens (including phenoxy) is 1. The van der Waals surface area contributed by atoms with Crippen molar-refractivity contribution < 1.29 is 9.53 Å². The predicted octanol–water partition coefficient (Wildman–Crippen LogP) is 4.42. The van der Waals surface area contributed by atoms with E-state index in [1.807, 2.05) is 12.1 Å². The van der Waals surface area contributed by atoms with Crippen molar-refractivity contribution in [1.82, 2.24) is 10.6 Å². The van der Waals surface area contributed by atoms with Crippen LogP contribution in [0.2, 0.25) is 0 Å². The van der Waals surface area contributed by atoms with E-state index in [4.69, 9.17) is 4.74 Å². The number of carbonyl (C=O) groups is 1. The van der Waals surface area contributed by atoms with E-state index in [1.54, 1.807) is 0 Å². The summed E-state index contributed by atoms with van der Waals surface area (Å²) < 4.78 is 5.75. The highest BCUT2D eigenvalue weighted by Crippen LogP contribution is 2.33. The van der Waals surface area contributed by atoms with Gasteiger partial charge in [0.1, 0.15) is 5.75 Å². The molecule has 2 aliphatic heterocycles. The molecule has 1 aromatic rings. The van der Waals surface area contributed by atoms with Crippen molar-refractivity contribution in [1.29, 1.82) is 0 Å². The average molecular weight is 395 g/mol. The van der Waals surface area contributed by atoms with Crippen LogP contribution in [0.5, 0.6) is 5.75 Å². The third-order valence-corrected chi connectivity index (χ3v) is 5.66. The lowest BCUT2D eigenvalue weighted by Gasteiger charge is -2.31. The van der Waals surface area contributed by atoms with E-state index in [2.05, 4.69) is 50.5 Å². The van der Waals surface area contributed by atoms with E-state index >= 15 is 0 Å². The van der Waals surface area contributed by atoms with Crippen LogP contribution in [0.4, 0.5) is 0 Å². The summed E-state index contributed by atoms with van der Waals surface area (Å²) in [4.78, 5) is 12.6. The van der Waals surface area contributed by atoms with E-state index in [0.29, 0.717) is 30.3 Å². The van der Waals surface area contributed by atoms with Gasteiger partial charge in [-0.1, -0.05) is 26.0 Å². The average Bonchev–Trinajstić information content (AvgIpc) is 2.91. The number of hydrogen-bond donors (Lipinski definition) is 2. The second-order valence-electron chi connectivity index (χ2n) is 9.08. The predicted molar refractivity (Wildman–Crippen MR) is 112 cm³/mol. The number of benzene rings is 1. The molecular formula is C22H35ClN2O2. The highest BCUT2D eigenvalue weighted by molar-refractivity contribution is 5.85. The van der Waals surface area contributed by atoms with Gasteiger partial charge in [0.15, 0.2) is 0 Å². The van der Waals surface area contributed by atoms with Gasteiger partial charge < -0.3 is 15.4 Å². The van der Waals surface area contributed by atoms with Gasteiger partial charge in [-0.2, -0.15) is 0 Å². The van der Waals surface area contributed by atoms with Crippen molar-refractivity contribution in [2.45, 2.75) is 77.4 Å². The Balaban J connectivity index is 0.00000261. The van der Waals surface area contributed by atoms with Gasteiger partial charge in [-0.3, -0.25) is 4.79 Å². The molecule has 0 aliphatic carbocycles. The Labute approximate surface area is 170 Å². The van der Waals surface area contributed by atoms with Crippen molar-refractivity contribution in [2.24, 2.45) is 11.8 Å². The zero-order valence-electron chi connectivity index (χ0n) is 17.1. The molecule has 0 aromatic heterocycles. The summed E-state index contributed by atoms with van der Waals surface area (Å²) in [6.07, 6.45) is 5.49. The SMILES string of the molecule is CC(C)COc1ccc(C(C)(C)NC(=O)CC2CC3CCC(C2)N3)cc1.Cl. The minimum absolute atomic E-state index is 0. The van der Waals surface area contributed by atoms with E-state index < -0.39 is 0 Å².